The lowest BCUT2D eigenvalue weighted by Gasteiger charge is -2.35. The average molecular weight is 390 g/mol. The van der Waals surface area contributed by atoms with Gasteiger partial charge in [0.1, 0.15) is 0 Å². The van der Waals surface area contributed by atoms with Crippen LogP contribution in [0.1, 0.15) is 43.0 Å². The van der Waals surface area contributed by atoms with E-state index in [1.165, 1.54) is 12.0 Å². The number of nitrogens with one attached hydrogen (secondary N) is 1. The fraction of sp³-hybridized carbons (Fsp3) is 0.455. The summed E-state index contributed by atoms with van der Waals surface area (Å²) < 4.78 is 0. The van der Waals surface area contributed by atoms with Gasteiger partial charge < -0.3 is 4.90 Å². The number of piperidine rings is 1. The van der Waals surface area contributed by atoms with E-state index >= 15 is 0 Å². The zero-order valence-corrected chi connectivity index (χ0v) is 16.8. The molecule has 2 aliphatic heterocycles. The molecule has 0 radical (unpaired) electrons. The lowest BCUT2D eigenvalue weighted by Crippen LogP contribution is -2.41. The summed E-state index contributed by atoms with van der Waals surface area (Å²) in [6, 6.07) is 6.65. The van der Waals surface area contributed by atoms with Crippen molar-refractivity contribution in [3.8, 4) is 0 Å². The molecule has 1 N–H and O–H groups in total. The summed E-state index contributed by atoms with van der Waals surface area (Å²) in [6.07, 6.45) is 7.73. The smallest absolute Gasteiger partial charge is 0.255 e. The van der Waals surface area contributed by atoms with Crippen molar-refractivity contribution in [2.45, 2.75) is 51.7 Å². The van der Waals surface area contributed by atoms with E-state index in [2.05, 4.69) is 43.8 Å². The van der Waals surface area contributed by atoms with Crippen LogP contribution in [0.15, 0.2) is 35.4 Å². The third-order valence-corrected chi connectivity index (χ3v) is 6.15. The minimum Gasteiger partial charge on any atom is -0.340 e. The van der Waals surface area contributed by atoms with Crippen LogP contribution in [0, 0.1) is 0 Å². The minimum atomic E-state index is 0.0309. The van der Waals surface area contributed by atoms with Gasteiger partial charge in [0.15, 0.2) is 0 Å². The maximum Gasteiger partial charge on any atom is 0.255 e. The van der Waals surface area contributed by atoms with Crippen LogP contribution in [0.25, 0.3) is 11.0 Å². The standard InChI is InChI=1S/C22H26N6O/c1-15-4-2-3-10-28(15)22-25-20-14-27(11-7-17(20)21(29)26-22)13-16-5-6-18-19(12-16)24-9-8-23-18/h5-6,8-9,12,15H,2-4,7,10-11,13-14H2,1H3,(H,25,26,29). The molecule has 1 atom stereocenters. The van der Waals surface area contributed by atoms with Gasteiger partial charge in [-0.15, -0.1) is 0 Å². The van der Waals surface area contributed by atoms with E-state index in [4.69, 9.17) is 4.98 Å². The molecule has 1 fully saturated rings. The zero-order chi connectivity index (χ0) is 19.8. The highest BCUT2D eigenvalue weighted by Gasteiger charge is 2.25. The van der Waals surface area contributed by atoms with Gasteiger partial charge in [0.05, 0.1) is 16.7 Å². The monoisotopic (exact) mass is 390 g/mol. The highest BCUT2D eigenvalue weighted by Crippen LogP contribution is 2.24. The Labute approximate surface area is 169 Å². The lowest BCUT2D eigenvalue weighted by molar-refractivity contribution is 0.240. The van der Waals surface area contributed by atoms with Crippen molar-refractivity contribution in [1.29, 1.82) is 0 Å². The normalized spacial score (nSPS) is 20.0. The number of anilines is 1. The molecule has 5 rings (SSSR count). The molecule has 150 valence electrons. The van der Waals surface area contributed by atoms with Crippen molar-refractivity contribution in [1.82, 2.24) is 24.8 Å². The van der Waals surface area contributed by atoms with Gasteiger partial charge in [-0.2, -0.15) is 0 Å². The van der Waals surface area contributed by atoms with E-state index in [0.717, 1.165) is 67.1 Å². The first-order chi connectivity index (χ1) is 14.2. The number of fused-ring (bicyclic) bond motifs is 2. The van der Waals surface area contributed by atoms with Crippen molar-refractivity contribution in [2.24, 2.45) is 0 Å². The number of aromatic amines is 1. The van der Waals surface area contributed by atoms with Crippen LogP contribution in [0.4, 0.5) is 5.95 Å². The highest BCUT2D eigenvalue weighted by atomic mass is 16.1. The van der Waals surface area contributed by atoms with Crippen molar-refractivity contribution >= 4 is 17.0 Å². The van der Waals surface area contributed by atoms with Crippen LogP contribution in [0.2, 0.25) is 0 Å². The van der Waals surface area contributed by atoms with Gasteiger partial charge in [0.25, 0.3) is 5.56 Å². The SMILES string of the molecule is CC1CCCCN1c1nc2c(c(=O)[nH]1)CCN(Cc1ccc3nccnc3c1)C2. The second-order valence-electron chi connectivity index (χ2n) is 8.19. The number of aromatic nitrogens is 4. The molecule has 2 aliphatic rings. The molecular weight excluding hydrogens is 364 g/mol. The Morgan fingerprint density at radius 3 is 2.86 bits per heavy atom. The summed E-state index contributed by atoms with van der Waals surface area (Å²) in [5.74, 6) is 0.740. The van der Waals surface area contributed by atoms with Gasteiger partial charge in [0.2, 0.25) is 5.95 Å². The predicted molar refractivity (Wildman–Crippen MR) is 113 cm³/mol. The number of nitrogens with zero attached hydrogens (tertiary/aromatic N) is 5. The Hall–Kier alpha value is -2.80. The molecule has 7 heteroatoms. The van der Waals surface area contributed by atoms with Gasteiger partial charge in [-0.3, -0.25) is 24.6 Å². The average Bonchev–Trinajstić information content (AvgIpc) is 2.74. The van der Waals surface area contributed by atoms with Gasteiger partial charge in [-0.25, -0.2) is 4.98 Å². The summed E-state index contributed by atoms with van der Waals surface area (Å²) in [5.41, 5.74) is 4.83. The molecule has 0 aliphatic carbocycles. The van der Waals surface area contributed by atoms with E-state index in [1.807, 2.05) is 6.07 Å². The molecular formula is C22H26N6O. The largest absolute Gasteiger partial charge is 0.340 e. The van der Waals surface area contributed by atoms with Crippen LogP contribution >= 0.6 is 0 Å². The Morgan fingerprint density at radius 2 is 2.00 bits per heavy atom. The van der Waals surface area contributed by atoms with Crippen molar-refractivity contribution in [2.75, 3.05) is 18.0 Å². The van der Waals surface area contributed by atoms with Crippen molar-refractivity contribution < 1.29 is 0 Å². The Balaban J connectivity index is 1.38. The first kappa shape index (κ1) is 18.2. The van der Waals surface area contributed by atoms with Crippen LogP contribution in [-0.4, -0.2) is 44.0 Å². The van der Waals surface area contributed by atoms with Gasteiger partial charge in [-0.05, 0) is 50.3 Å². The van der Waals surface area contributed by atoms with E-state index in [9.17, 15) is 4.79 Å². The zero-order valence-electron chi connectivity index (χ0n) is 16.8. The molecule has 0 spiro atoms. The summed E-state index contributed by atoms with van der Waals surface area (Å²) >= 11 is 0. The maximum absolute atomic E-state index is 12.7. The molecule has 0 bridgehead atoms. The lowest BCUT2D eigenvalue weighted by atomic mass is 10.0. The molecule has 0 amide bonds. The minimum absolute atomic E-state index is 0.0309. The molecule has 2 aromatic heterocycles. The molecule has 1 saturated heterocycles. The van der Waals surface area contributed by atoms with E-state index in [0.29, 0.717) is 12.6 Å². The Bertz CT molecular complexity index is 1090. The summed E-state index contributed by atoms with van der Waals surface area (Å²) in [4.78, 5) is 34.0. The Morgan fingerprint density at radius 1 is 1.14 bits per heavy atom. The van der Waals surface area contributed by atoms with Crippen molar-refractivity contribution in [3.05, 3.63) is 57.8 Å². The molecule has 1 aromatic carbocycles. The molecule has 7 nitrogen and oxygen atoms in total. The first-order valence-corrected chi connectivity index (χ1v) is 10.5. The molecule has 0 saturated carbocycles. The van der Waals surface area contributed by atoms with Crippen LogP contribution in [0.5, 0.6) is 0 Å². The fourth-order valence-electron chi connectivity index (χ4n) is 4.53. The van der Waals surface area contributed by atoms with E-state index in [-0.39, 0.29) is 5.56 Å². The number of benzene rings is 1. The molecule has 1 unspecified atom stereocenters. The van der Waals surface area contributed by atoms with Gasteiger partial charge in [-0.1, -0.05) is 6.07 Å². The van der Waals surface area contributed by atoms with Crippen LogP contribution in [-0.2, 0) is 19.5 Å². The maximum atomic E-state index is 12.7. The summed E-state index contributed by atoms with van der Waals surface area (Å²) in [7, 11) is 0. The number of H-pyrrole nitrogens is 1. The van der Waals surface area contributed by atoms with E-state index < -0.39 is 0 Å². The fourth-order valence-corrected chi connectivity index (χ4v) is 4.53. The van der Waals surface area contributed by atoms with Gasteiger partial charge >= 0.3 is 0 Å². The number of hydrogen-bond acceptors (Lipinski definition) is 6. The Kier molecular flexibility index (Phi) is 4.75. The highest BCUT2D eigenvalue weighted by molar-refractivity contribution is 5.74. The first-order valence-electron chi connectivity index (χ1n) is 10.5. The molecule has 4 heterocycles. The van der Waals surface area contributed by atoms with E-state index in [1.54, 1.807) is 12.4 Å². The topological polar surface area (TPSA) is 78.0 Å². The van der Waals surface area contributed by atoms with Crippen LogP contribution < -0.4 is 10.5 Å². The third-order valence-electron chi connectivity index (χ3n) is 6.15. The molecule has 29 heavy (non-hydrogen) atoms. The molecule has 3 aromatic rings. The third kappa shape index (κ3) is 3.62. The van der Waals surface area contributed by atoms with Crippen molar-refractivity contribution in [3.63, 3.8) is 0 Å². The summed E-state index contributed by atoms with van der Waals surface area (Å²) in [6.45, 7) is 5.55. The summed E-state index contributed by atoms with van der Waals surface area (Å²) in [5, 5.41) is 0. The quantitative estimate of drug-likeness (QED) is 0.741. The van der Waals surface area contributed by atoms with Crippen LogP contribution in [0.3, 0.4) is 0 Å². The second-order valence-corrected chi connectivity index (χ2v) is 8.19. The number of rotatable bonds is 3. The predicted octanol–water partition coefficient (Wildman–Crippen LogP) is 2.65. The van der Waals surface area contributed by atoms with Gasteiger partial charge in [0, 0.05) is 50.2 Å². The number of hydrogen-bond donors (Lipinski definition) is 1. The second kappa shape index (κ2) is 7.55.